The molecule has 0 atom stereocenters. The molecule has 0 unspecified atom stereocenters. The van der Waals surface area contributed by atoms with E-state index >= 15 is 0 Å². The number of halogens is 1. The second-order valence-electron chi connectivity index (χ2n) is 4.93. The van der Waals surface area contributed by atoms with Crippen molar-refractivity contribution in [3.63, 3.8) is 0 Å². The van der Waals surface area contributed by atoms with Gasteiger partial charge in [-0.25, -0.2) is 4.79 Å². The SMILES string of the molecule is C[N+](C)(C)CCOC(=O)c1ccc(N)cc1O.[Cl-]. The van der Waals surface area contributed by atoms with Gasteiger partial charge < -0.3 is 32.5 Å². The fourth-order valence-electron chi connectivity index (χ4n) is 1.21. The normalized spacial score (nSPS) is 10.6. The molecule has 5 nitrogen and oxygen atoms in total. The van der Waals surface area contributed by atoms with Crippen molar-refractivity contribution in [3.05, 3.63) is 23.8 Å². The van der Waals surface area contributed by atoms with Crippen molar-refractivity contribution in [2.24, 2.45) is 0 Å². The van der Waals surface area contributed by atoms with Gasteiger partial charge in [-0.3, -0.25) is 0 Å². The van der Waals surface area contributed by atoms with Crippen molar-refractivity contribution in [1.82, 2.24) is 0 Å². The summed E-state index contributed by atoms with van der Waals surface area (Å²) >= 11 is 0. The highest BCUT2D eigenvalue weighted by Crippen LogP contribution is 2.20. The average molecular weight is 275 g/mol. The predicted molar refractivity (Wildman–Crippen MR) is 65.7 cm³/mol. The number of rotatable bonds is 4. The Bertz CT molecular complexity index is 416. The quantitative estimate of drug-likeness (QED) is 0.373. The van der Waals surface area contributed by atoms with Crippen molar-refractivity contribution in [2.75, 3.05) is 40.0 Å². The van der Waals surface area contributed by atoms with Crippen molar-refractivity contribution in [2.45, 2.75) is 0 Å². The Balaban J connectivity index is 0.00000289. The number of phenols is 1. The number of carbonyl (C=O) groups is 1. The molecule has 0 bridgehead atoms. The maximum Gasteiger partial charge on any atom is 0.342 e. The van der Waals surface area contributed by atoms with Gasteiger partial charge in [-0.1, -0.05) is 0 Å². The zero-order valence-electron chi connectivity index (χ0n) is 10.8. The molecule has 0 spiro atoms. The van der Waals surface area contributed by atoms with E-state index in [2.05, 4.69) is 0 Å². The zero-order chi connectivity index (χ0) is 13.1. The number of phenolic OH excluding ortho intramolecular Hbond substituents is 1. The summed E-state index contributed by atoms with van der Waals surface area (Å²) in [5.41, 5.74) is 6.02. The van der Waals surface area contributed by atoms with Crippen molar-refractivity contribution < 1.29 is 31.5 Å². The summed E-state index contributed by atoms with van der Waals surface area (Å²) in [6.07, 6.45) is 0. The van der Waals surface area contributed by atoms with Crippen LogP contribution in [0.5, 0.6) is 5.75 Å². The fraction of sp³-hybridized carbons (Fsp3) is 0.417. The van der Waals surface area contributed by atoms with Crippen LogP contribution in [0.2, 0.25) is 0 Å². The van der Waals surface area contributed by atoms with E-state index in [-0.39, 0.29) is 23.7 Å². The highest BCUT2D eigenvalue weighted by atomic mass is 35.5. The van der Waals surface area contributed by atoms with Gasteiger partial charge in [-0.2, -0.15) is 0 Å². The summed E-state index contributed by atoms with van der Waals surface area (Å²) in [6, 6.07) is 4.34. The molecule has 0 saturated heterocycles. The number of nitrogens with zero attached hydrogens (tertiary/aromatic N) is 1. The summed E-state index contributed by atoms with van der Waals surface area (Å²) < 4.78 is 5.78. The third-order valence-electron chi connectivity index (χ3n) is 2.24. The number of hydrogen-bond acceptors (Lipinski definition) is 4. The molecule has 0 aliphatic rings. The first-order valence-electron chi connectivity index (χ1n) is 5.36. The monoisotopic (exact) mass is 274 g/mol. The van der Waals surface area contributed by atoms with Crippen LogP contribution >= 0.6 is 0 Å². The maximum atomic E-state index is 11.6. The third kappa shape index (κ3) is 5.25. The Labute approximate surface area is 113 Å². The van der Waals surface area contributed by atoms with Gasteiger partial charge in [0.05, 0.1) is 21.1 Å². The number of aromatic hydroxyl groups is 1. The first-order valence-corrected chi connectivity index (χ1v) is 5.36. The van der Waals surface area contributed by atoms with E-state index in [0.29, 0.717) is 23.3 Å². The van der Waals surface area contributed by atoms with Crippen LogP contribution in [0.15, 0.2) is 18.2 Å². The predicted octanol–water partition coefficient (Wildman–Crippen LogP) is -2.16. The van der Waals surface area contributed by atoms with Crippen molar-refractivity contribution >= 4 is 11.7 Å². The molecular formula is C12H19ClN2O3. The van der Waals surface area contributed by atoms with Crippen molar-refractivity contribution in [3.8, 4) is 5.75 Å². The number of hydrogen-bond donors (Lipinski definition) is 2. The van der Waals surface area contributed by atoms with Crippen LogP contribution in [0.4, 0.5) is 5.69 Å². The first kappa shape index (κ1) is 16.5. The highest BCUT2D eigenvalue weighted by Gasteiger charge is 2.14. The molecule has 1 aromatic rings. The van der Waals surface area contributed by atoms with Crippen LogP contribution < -0.4 is 18.1 Å². The molecule has 0 fully saturated rings. The highest BCUT2D eigenvalue weighted by molar-refractivity contribution is 5.92. The molecular weight excluding hydrogens is 256 g/mol. The van der Waals surface area contributed by atoms with E-state index in [1.807, 2.05) is 21.1 Å². The Morgan fingerprint density at radius 2 is 2.00 bits per heavy atom. The number of quaternary nitrogens is 1. The van der Waals surface area contributed by atoms with E-state index < -0.39 is 5.97 Å². The molecule has 0 heterocycles. The Morgan fingerprint density at radius 1 is 1.39 bits per heavy atom. The molecule has 0 radical (unpaired) electrons. The minimum atomic E-state index is -0.532. The fourth-order valence-corrected chi connectivity index (χ4v) is 1.21. The molecule has 0 aliphatic carbocycles. The maximum absolute atomic E-state index is 11.6. The van der Waals surface area contributed by atoms with E-state index in [4.69, 9.17) is 10.5 Å². The molecule has 18 heavy (non-hydrogen) atoms. The lowest BCUT2D eigenvalue weighted by atomic mass is 10.2. The van der Waals surface area contributed by atoms with E-state index in [1.54, 1.807) is 6.07 Å². The summed E-state index contributed by atoms with van der Waals surface area (Å²) in [4.78, 5) is 11.6. The Kier molecular flexibility index (Phi) is 5.94. The third-order valence-corrected chi connectivity index (χ3v) is 2.24. The molecule has 0 aliphatic heterocycles. The molecule has 1 rings (SSSR count). The molecule has 3 N–H and O–H groups in total. The average Bonchev–Trinajstić information content (AvgIpc) is 2.15. The number of likely N-dealkylation sites (N-methyl/N-ethyl adjacent to an activating group) is 1. The van der Waals surface area contributed by atoms with Gasteiger partial charge in [-0.15, -0.1) is 0 Å². The first-order chi connectivity index (χ1) is 7.79. The zero-order valence-corrected chi connectivity index (χ0v) is 11.6. The lowest BCUT2D eigenvalue weighted by molar-refractivity contribution is -0.870. The van der Waals surface area contributed by atoms with Crippen LogP contribution in [-0.2, 0) is 4.74 Å². The molecule has 0 saturated carbocycles. The molecule has 102 valence electrons. The number of esters is 1. The van der Waals surface area contributed by atoms with Crippen LogP contribution in [-0.4, -0.2) is 49.9 Å². The molecule has 0 aromatic heterocycles. The largest absolute Gasteiger partial charge is 1.00 e. The van der Waals surface area contributed by atoms with Gasteiger partial charge in [0.15, 0.2) is 0 Å². The summed E-state index contributed by atoms with van der Waals surface area (Å²) in [5, 5.41) is 9.54. The van der Waals surface area contributed by atoms with Gasteiger partial charge in [0.25, 0.3) is 0 Å². The smallest absolute Gasteiger partial charge is 0.342 e. The second kappa shape index (κ2) is 6.47. The van der Waals surface area contributed by atoms with Gasteiger partial charge >= 0.3 is 5.97 Å². The molecule has 0 amide bonds. The summed E-state index contributed by atoms with van der Waals surface area (Å²) in [6.45, 7) is 1.02. The van der Waals surface area contributed by atoms with Crippen LogP contribution in [0, 0.1) is 0 Å². The minimum absolute atomic E-state index is 0. The topological polar surface area (TPSA) is 72.5 Å². The second-order valence-corrected chi connectivity index (χ2v) is 4.93. The van der Waals surface area contributed by atoms with Gasteiger partial charge in [0.1, 0.15) is 24.5 Å². The van der Waals surface area contributed by atoms with E-state index in [0.717, 1.165) is 0 Å². The van der Waals surface area contributed by atoms with Crippen molar-refractivity contribution in [1.29, 1.82) is 0 Å². The van der Waals surface area contributed by atoms with Gasteiger partial charge in [0.2, 0.25) is 0 Å². The molecule has 1 aromatic carbocycles. The Hall–Kier alpha value is -1.46. The number of ether oxygens (including phenoxy) is 1. The van der Waals surface area contributed by atoms with E-state index in [9.17, 15) is 9.90 Å². The van der Waals surface area contributed by atoms with Gasteiger partial charge in [0, 0.05) is 11.8 Å². The lowest BCUT2D eigenvalue weighted by Gasteiger charge is -2.23. The van der Waals surface area contributed by atoms with E-state index in [1.165, 1.54) is 12.1 Å². The standard InChI is InChI=1S/C12H18N2O3.ClH/c1-14(2,3)6-7-17-12(16)10-5-4-9(13)8-11(10)15;/h4-5,8H,6-7H2,1-3H3,(H2-,13,15,16);1H. The molecule has 6 heteroatoms. The van der Waals surface area contributed by atoms with Crippen LogP contribution in [0.3, 0.4) is 0 Å². The van der Waals surface area contributed by atoms with Crippen LogP contribution in [0.1, 0.15) is 10.4 Å². The number of carbonyl (C=O) groups excluding carboxylic acids is 1. The van der Waals surface area contributed by atoms with Crippen LogP contribution in [0.25, 0.3) is 0 Å². The van der Waals surface area contributed by atoms with Gasteiger partial charge in [-0.05, 0) is 12.1 Å². The minimum Gasteiger partial charge on any atom is -1.00 e. The number of nitrogens with two attached hydrogens (primary N) is 1. The Morgan fingerprint density at radius 3 is 2.50 bits per heavy atom. The summed E-state index contributed by atoms with van der Waals surface area (Å²) in [7, 11) is 6.03. The number of nitrogen functional groups attached to an aromatic ring is 1. The number of benzene rings is 1. The number of anilines is 1. The lowest BCUT2D eigenvalue weighted by Crippen LogP contribution is -3.00. The summed E-state index contributed by atoms with van der Waals surface area (Å²) in [5.74, 6) is -0.684.